The predicted octanol–water partition coefficient (Wildman–Crippen LogP) is 4.33. The van der Waals surface area contributed by atoms with Crippen molar-refractivity contribution in [1.29, 1.82) is 0 Å². The number of benzene rings is 2. The van der Waals surface area contributed by atoms with Crippen molar-refractivity contribution in [3.05, 3.63) is 121 Å². The second-order valence-electron chi connectivity index (χ2n) is 13.3. The van der Waals surface area contributed by atoms with Crippen LogP contribution in [-0.4, -0.2) is 80.9 Å². The summed E-state index contributed by atoms with van der Waals surface area (Å²) >= 11 is 0. The Labute approximate surface area is 324 Å². The molecule has 0 spiro atoms. The number of furan rings is 2. The van der Waals surface area contributed by atoms with Crippen molar-refractivity contribution in [2.45, 2.75) is 24.9 Å². The van der Waals surface area contributed by atoms with Gasteiger partial charge in [0.2, 0.25) is 23.5 Å². The standard InChI is InChI=1S/2C19H15N7O3/c2*1-19(17(27)28,11-6-3-2-4-7-11)26-16-12(10-21-26)15-22-14(13-8-5-9-29-13)24-25(15)18(20)23-16/h2*2-10H,1H3,(H2,20,23)(H,27,28)/t2*19-/m10/s1. The first-order valence-electron chi connectivity index (χ1n) is 17.5. The maximum Gasteiger partial charge on any atom is 0.336 e. The quantitative estimate of drug-likeness (QED) is 0.167. The van der Waals surface area contributed by atoms with E-state index in [4.69, 9.17) is 20.3 Å². The van der Waals surface area contributed by atoms with Gasteiger partial charge in [0.15, 0.2) is 45.2 Å². The van der Waals surface area contributed by atoms with Gasteiger partial charge >= 0.3 is 11.9 Å². The minimum atomic E-state index is -1.50. The molecule has 6 N–H and O–H groups in total. The van der Waals surface area contributed by atoms with Crippen LogP contribution in [0.1, 0.15) is 25.0 Å². The molecule has 58 heavy (non-hydrogen) atoms. The van der Waals surface area contributed by atoms with Crippen molar-refractivity contribution in [2.75, 3.05) is 11.5 Å². The van der Waals surface area contributed by atoms with E-state index in [1.807, 2.05) is 12.1 Å². The third-order valence-corrected chi connectivity index (χ3v) is 9.89. The van der Waals surface area contributed by atoms with E-state index in [1.165, 1.54) is 43.3 Å². The molecule has 0 saturated carbocycles. The van der Waals surface area contributed by atoms with Gasteiger partial charge in [0.1, 0.15) is 0 Å². The Morgan fingerprint density at radius 2 is 0.966 bits per heavy atom. The fourth-order valence-electron chi connectivity index (χ4n) is 6.69. The maximum absolute atomic E-state index is 12.3. The van der Waals surface area contributed by atoms with Gasteiger partial charge in [-0.25, -0.2) is 28.9 Å². The van der Waals surface area contributed by atoms with Crippen LogP contribution in [0, 0.1) is 0 Å². The fraction of sp³-hybridized carbons (Fsp3) is 0.105. The number of nitrogens with two attached hydrogens (primary N) is 2. The van der Waals surface area contributed by atoms with E-state index in [2.05, 4.69) is 40.3 Å². The fourth-order valence-corrected chi connectivity index (χ4v) is 6.69. The topological polar surface area (TPSA) is 275 Å². The predicted molar refractivity (Wildman–Crippen MR) is 206 cm³/mol. The Kier molecular flexibility index (Phi) is 7.98. The molecule has 8 aromatic heterocycles. The lowest BCUT2D eigenvalue weighted by Gasteiger charge is -2.26. The van der Waals surface area contributed by atoms with E-state index < -0.39 is 23.0 Å². The van der Waals surface area contributed by atoms with Gasteiger partial charge in [-0.15, -0.1) is 10.2 Å². The lowest BCUT2D eigenvalue weighted by atomic mass is 9.92. The molecule has 2 atom stereocenters. The van der Waals surface area contributed by atoms with Gasteiger partial charge in [-0.05, 0) is 49.2 Å². The van der Waals surface area contributed by atoms with Gasteiger partial charge in [-0.2, -0.15) is 29.2 Å². The molecule has 10 rings (SSSR count). The van der Waals surface area contributed by atoms with Crippen LogP contribution in [0.4, 0.5) is 11.9 Å². The number of aromatic nitrogens is 12. The summed E-state index contributed by atoms with van der Waals surface area (Å²) in [5.41, 5.74) is 11.7. The van der Waals surface area contributed by atoms with Gasteiger partial charge in [0.05, 0.1) is 35.7 Å². The van der Waals surface area contributed by atoms with Gasteiger partial charge in [0.25, 0.3) is 0 Å². The summed E-state index contributed by atoms with van der Waals surface area (Å²) in [6, 6.07) is 24.6. The van der Waals surface area contributed by atoms with Crippen molar-refractivity contribution < 1.29 is 28.6 Å². The molecular weight excluding hydrogens is 749 g/mol. The lowest BCUT2D eigenvalue weighted by molar-refractivity contribution is -0.145. The molecule has 20 heteroatoms. The van der Waals surface area contributed by atoms with Gasteiger partial charge in [-0.3, -0.25) is 0 Å². The van der Waals surface area contributed by atoms with Crippen LogP contribution in [0.15, 0.2) is 119 Å². The highest BCUT2D eigenvalue weighted by Gasteiger charge is 2.41. The van der Waals surface area contributed by atoms with Crippen LogP contribution in [-0.2, 0) is 20.7 Å². The average Bonchev–Trinajstić information content (AvgIpc) is 4.08. The summed E-state index contributed by atoms with van der Waals surface area (Å²) < 4.78 is 16.2. The maximum atomic E-state index is 12.3. The summed E-state index contributed by atoms with van der Waals surface area (Å²) in [5, 5.41) is 38.5. The molecular formula is C38H30N14O6. The van der Waals surface area contributed by atoms with E-state index in [9.17, 15) is 19.8 Å². The normalized spacial score (nSPS) is 13.7. The number of hydrogen-bond acceptors (Lipinski definition) is 14. The summed E-state index contributed by atoms with van der Waals surface area (Å²) in [6.07, 6.45) is 6.08. The van der Waals surface area contributed by atoms with E-state index in [-0.39, 0.29) is 11.9 Å². The molecule has 0 amide bonds. The minimum Gasteiger partial charge on any atom is -0.479 e. The zero-order chi connectivity index (χ0) is 40.3. The van der Waals surface area contributed by atoms with Crippen molar-refractivity contribution in [3.63, 3.8) is 0 Å². The number of carboxylic acid groups (broad SMARTS) is 2. The molecule has 20 nitrogen and oxygen atoms in total. The monoisotopic (exact) mass is 778 g/mol. The second kappa shape index (κ2) is 13.1. The zero-order valence-electron chi connectivity index (χ0n) is 30.4. The van der Waals surface area contributed by atoms with Gasteiger partial charge in [0, 0.05) is 0 Å². The van der Waals surface area contributed by atoms with Crippen LogP contribution in [0.3, 0.4) is 0 Å². The second-order valence-corrected chi connectivity index (χ2v) is 13.3. The Morgan fingerprint density at radius 3 is 1.31 bits per heavy atom. The number of aliphatic carboxylic acids is 2. The lowest BCUT2D eigenvalue weighted by Crippen LogP contribution is -2.41. The number of nitrogens with zero attached hydrogens (tertiary/aromatic N) is 12. The molecule has 288 valence electrons. The molecule has 0 saturated heterocycles. The summed E-state index contributed by atoms with van der Waals surface area (Å²) in [5.74, 6) is -0.402. The van der Waals surface area contributed by atoms with E-state index in [0.717, 1.165) is 0 Å². The number of hydrogen-bond donors (Lipinski definition) is 4. The molecule has 0 fully saturated rings. The minimum absolute atomic E-state index is 0.0559. The van der Waals surface area contributed by atoms with Crippen LogP contribution < -0.4 is 11.5 Å². The molecule has 0 unspecified atom stereocenters. The van der Waals surface area contributed by atoms with Gasteiger partial charge < -0.3 is 30.5 Å². The van der Waals surface area contributed by atoms with Crippen LogP contribution in [0.25, 0.3) is 56.5 Å². The smallest absolute Gasteiger partial charge is 0.336 e. The molecule has 8 heterocycles. The molecule has 2 aromatic carbocycles. The average molecular weight is 779 g/mol. The number of anilines is 2. The number of nitrogen functional groups attached to an aromatic ring is 2. The zero-order valence-corrected chi connectivity index (χ0v) is 30.4. The Bertz CT molecular complexity index is 2920. The van der Waals surface area contributed by atoms with E-state index in [1.54, 1.807) is 86.6 Å². The highest BCUT2D eigenvalue weighted by Crippen LogP contribution is 2.33. The number of rotatable bonds is 8. The van der Waals surface area contributed by atoms with Crippen LogP contribution in [0.2, 0.25) is 0 Å². The van der Waals surface area contributed by atoms with Crippen LogP contribution >= 0.6 is 0 Å². The number of carbonyl (C=O) groups is 2. The highest BCUT2D eigenvalue weighted by atomic mass is 16.4. The summed E-state index contributed by atoms with van der Waals surface area (Å²) in [6.45, 7) is 3.13. The van der Waals surface area contributed by atoms with E-state index >= 15 is 0 Å². The first-order chi connectivity index (χ1) is 28.0. The van der Waals surface area contributed by atoms with Crippen molar-refractivity contribution in [3.8, 4) is 23.2 Å². The first-order valence-corrected chi connectivity index (χ1v) is 17.5. The first kappa shape index (κ1) is 35.3. The van der Waals surface area contributed by atoms with Crippen molar-refractivity contribution in [1.82, 2.24) is 58.7 Å². The number of carboxylic acids is 2. The molecule has 0 aliphatic heterocycles. The largest absolute Gasteiger partial charge is 0.479 e. The summed E-state index contributed by atoms with van der Waals surface area (Å²) in [7, 11) is 0. The third kappa shape index (κ3) is 5.30. The van der Waals surface area contributed by atoms with E-state index in [0.29, 0.717) is 67.7 Å². The Hall–Kier alpha value is -8.42. The highest BCUT2D eigenvalue weighted by molar-refractivity contribution is 5.94. The molecule has 10 aromatic rings. The van der Waals surface area contributed by atoms with Gasteiger partial charge in [-0.1, -0.05) is 60.7 Å². The molecule has 0 bridgehead atoms. The van der Waals surface area contributed by atoms with Crippen molar-refractivity contribution in [2.24, 2.45) is 0 Å². The Balaban J connectivity index is 0.000000150. The number of fused-ring (bicyclic) bond motifs is 6. The SMILES string of the molecule is C[C@@](C(=O)O)(c1ccccc1)n1ncc2c1nc(N)n1nc(-c3ccco3)nc21.C[C@](C(=O)O)(c1ccccc1)n1ncc2c1nc(N)n1nc(-c3ccco3)nc21. The van der Waals surface area contributed by atoms with Crippen LogP contribution in [0.5, 0.6) is 0 Å². The third-order valence-electron chi connectivity index (χ3n) is 9.89. The Morgan fingerprint density at radius 1 is 0.569 bits per heavy atom. The van der Waals surface area contributed by atoms with Crippen molar-refractivity contribution >= 4 is 57.2 Å². The molecule has 0 aliphatic carbocycles. The molecule has 0 aliphatic rings. The summed E-state index contributed by atoms with van der Waals surface area (Å²) in [4.78, 5) is 42.4. The molecule has 0 radical (unpaired) electrons.